The Labute approximate surface area is 162 Å². The number of allylic oxidation sites excluding steroid dienone is 2. The van der Waals surface area contributed by atoms with Crippen molar-refractivity contribution in [3.8, 4) is 5.75 Å². The van der Waals surface area contributed by atoms with Crippen LogP contribution in [0.3, 0.4) is 0 Å². The second-order valence-corrected chi connectivity index (χ2v) is 8.43. The maximum atomic E-state index is 12.6. The van der Waals surface area contributed by atoms with Gasteiger partial charge in [0.05, 0.1) is 23.0 Å². The van der Waals surface area contributed by atoms with Crippen LogP contribution in [-0.4, -0.2) is 33.6 Å². The summed E-state index contributed by atoms with van der Waals surface area (Å²) in [4.78, 5) is 36.1. The van der Waals surface area contributed by atoms with E-state index in [4.69, 9.17) is 4.74 Å². The minimum Gasteiger partial charge on any atom is -0.481 e. The van der Waals surface area contributed by atoms with Gasteiger partial charge in [0.2, 0.25) is 0 Å². The SMILES string of the molecule is CC(C)(C)Oc1ccc(C=NN2C(=O)[C@@H]3[C@H](C2=O)[C@H]2C=C[C@H]3C2)cc1[N+](=O)[O-]. The van der Waals surface area contributed by atoms with Crippen molar-refractivity contribution >= 4 is 23.7 Å². The number of hydrogen-bond acceptors (Lipinski definition) is 6. The number of hydrogen-bond donors (Lipinski definition) is 0. The molecule has 0 aromatic heterocycles. The minimum absolute atomic E-state index is 0.113. The maximum absolute atomic E-state index is 12.6. The van der Waals surface area contributed by atoms with Crippen molar-refractivity contribution in [2.45, 2.75) is 32.8 Å². The molecule has 2 aliphatic carbocycles. The lowest BCUT2D eigenvalue weighted by Crippen LogP contribution is -2.28. The summed E-state index contributed by atoms with van der Waals surface area (Å²) in [5, 5.41) is 16.4. The zero-order chi connectivity index (χ0) is 20.2. The van der Waals surface area contributed by atoms with Crippen LogP contribution < -0.4 is 4.74 Å². The molecule has 0 spiro atoms. The van der Waals surface area contributed by atoms with Gasteiger partial charge in [0.25, 0.3) is 11.8 Å². The lowest BCUT2D eigenvalue weighted by Gasteiger charge is -2.21. The van der Waals surface area contributed by atoms with Crippen LogP contribution in [0.2, 0.25) is 0 Å². The summed E-state index contributed by atoms with van der Waals surface area (Å²) in [6.45, 7) is 5.40. The molecule has 1 saturated heterocycles. The van der Waals surface area contributed by atoms with Crippen LogP contribution >= 0.6 is 0 Å². The Morgan fingerprint density at radius 3 is 2.32 bits per heavy atom. The van der Waals surface area contributed by atoms with Gasteiger partial charge in [-0.25, -0.2) is 0 Å². The Morgan fingerprint density at radius 1 is 1.18 bits per heavy atom. The smallest absolute Gasteiger partial charge is 0.311 e. The summed E-state index contributed by atoms with van der Waals surface area (Å²) in [6.07, 6.45) is 6.19. The van der Waals surface area contributed by atoms with Crippen molar-refractivity contribution < 1.29 is 19.2 Å². The van der Waals surface area contributed by atoms with Gasteiger partial charge in [0.1, 0.15) is 5.60 Å². The number of hydrazone groups is 1. The number of nitro groups is 1. The van der Waals surface area contributed by atoms with Gasteiger partial charge >= 0.3 is 5.69 Å². The molecular weight excluding hydrogens is 362 g/mol. The number of nitro benzene ring substituents is 1. The third-order valence-corrected chi connectivity index (χ3v) is 5.37. The largest absolute Gasteiger partial charge is 0.481 e. The monoisotopic (exact) mass is 383 g/mol. The zero-order valence-corrected chi connectivity index (χ0v) is 15.9. The van der Waals surface area contributed by atoms with E-state index in [0.29, 0.717) is 5.56 Å². The van der Waals surface area contributed by atoms with Crippen LogP contribution in [0.25, 0.3) is 0 Å². The molecule has 1 aliphatic heterocycles. The molecule has 146 valence electrons. The van der Waals surface area contributed by atoms with Crippen molar-refractivity contribution in [1.82, 2.24) is 5.01 Å². The zero-order valence-electron chi connectivity index (χ0n) is 15.9. The topological polar surface area (TPSA) is 102 Å². The molecule has 1 saturated carbocycles. The molecule has 1 aromatic rings. The summed E-state index contributed by atoms with van der Waals surface area (Å²) < 4.78 is 5.63. The second-order valence-electron chi connectivity index (χ2n) is 8.43. The van der Waals surface area contributed by atoms with E-state index in [9.17, 15) is 19.7 Å². The van der Waals surface area contributed by atoms with Crippen LogP contribution in [0.4, 0.5) is 5.69 Å². The van der Waals surface area contributed by atoms with Crippen molar-refractivity contribution in [2.24, 2.45) is 28.8 Å². The average Bonchev–Trinajstić information content (AvgIpc) is 3.27. The molecule has 4 rings (SSSR count). The van der Waals surface area contributed by atoms with E-state index in [-0.39, 0.29) is 46.9 Å². The standard InChI is InChI=1S/C20H21N3O5/c1-20(2,3)28-15-7-4-11(8-14(15)23(26)27)10-21-22-18(24)16-12-5-6-13(9-12)17(16)19(22)25/h4-8,10,12-13,16-17H,9H2,1-3H3/t12-,13-,16-,17+/m0/s1. The number of carbonyl (C=O) groups excluding carboxylic acids is 2. The Hall–Kier alpha value is -3.03. The van der Waals surface area contributed by atoms with E-state index in [2.05, 4.69) is 5.10 Å². The third kappa shape index (κ3) is 2.98. The highest BCUT2D eigenvalue weighted by Gasteiger charge is 2.59. The number of imide groups is 1. The fourth-order valence-electron chi connectivity index (χ4n) is 4.30. The number of ether oxygens (including phenoxy) is 1. The van der Waals surface area contributed by atoms with E-state index in [1.807, 2.05) is 12.2 Å². The van der Waals surface area contributed by atoms with Gasteiger partial charge in [-0.2, -0.15) is 10.1 Å². The van der Waals surface area contributed by atoms with E-state index >= 15 is 0 Å². The highest BCUT2D eigenvalue weighted by atomic mass is 16.6. The van der Waals surface area contributed by atoms with Crippen LogP contribution in [0.1, 0.15) is 32.8 Å². The summed E-state index contributed by atoms with van der Waals surface area (Å²) in [5.74, 6) is -0.841. The van der Waals surface area contributed by atoms with E-state index in [1.54, 1.807) is 26.8 Å². The molecule has 1 heterocycles. The number of amides is 2. The fraction of sp³-hybridized carbons (Fsp3) is 0.450. The van der Waals surface area contributed by atoms with Gasteiger partial charge in [-0.3, -0.25) is 19.7 Å². The molecule has 1 aromatic carbocycles. The van der Waals surface area contributed by atoms with Gasteiger partial charge in [0, 0.05) is 11.6 Å². The quantitative estimate of drug-likeness (QED) is 0.261. The summed E-state index contributed by atoms with van der Waals surface area (Å²) in [6, 6.07) is 4.42. The molecule has 4 atom stereocenters. The first-order valence-corrected chi connectivity index (χ1v) is 9.23. The van der Waals surface area contributed by atoms with E-state index in [1.165, 1.54) is 18.3 Å². The van der Waals surface area contributed by atoms with Crippen molar-refractivity contribution in [3.63, 3.8) is 0 Å². The highest BCUT2D eigenvalue weighted by Crippen LogP contribution is 2.52. The molecular formula is C20H21N3O5. The van der Waals surface area contributed by atoms with Gasteiger partial charge in [-0.15, -0.1) is 0 Å². The second kappa shape index (κ2) is 6.25. The first-order chi connectivity index (χ1) is 13.2. The Balaban J connectivity index is 1.57. The van der Waals surface area contributed by atoms with Crippen molar-refractivity contribution in [1.29, 1.82) is 0 Å². The van der Waals surface area contributed by atoms with Crippen LogP contribution in [0.15, 0.2) is 35.5 Å². The number of fused-ring (bicyclic) bond motifs is 5. The summed E-state index contributed by atoms with van der Waals surface area (Å²) in [5.41, 5.74) is -0.372. The van der Waals surface area contributed by atoms with Crippen molar-refractivity contribution in [2.75, 3.05) is 0 Å². The molecule has 3 aliphatic rings. The van der Waals surface area contributed by atoms with Crippen molar-refractivity contribution in [3.05, 3.63) is 46.0 Å². The van der Waals surface area contributed by atoms with Gasteiger partial charge in [-0.05, 0) is 51.2 Å². The maximum Gasteiger partial charge on any atom is 0.311 e. The first kappa shape index (κ1) is 18.3. The fourth-order valence-corrected chi connectivity index (χ4v) is 4.30. The molecule has 28 heavy (non-hydrogen) atoms. The molecule has 2 bridgehead atoms. The normalized spacial score (nSPS) is 28.5. The predicted molar refractivity (Wildman–Crippen MR) is 101 cm³/mol. The predicted octanol–water partition coefficient (Wildman–Crippen LogP) is 2.91. The molecule has 8 nitrogen and oxygen atoms in total. The Bertz CT molecular complexity index is 900. The average molecular weight is 383 g/mol. The lowest BCUT2D eigenvalue weighted by atomic mass is 9.85. The number of rotatable bonds is 4. The van der Waals surface area contributed by atoms with Crippen LogP contribution in [-0.2, 0) is 9.59 Å². The van der Waals surface area contributed by atoms with Gasteiger partial charge in [0.15, 0.2) is 5.75 Å². The van der Waals surface area contributed by atoms with Crippen LogP contribution in [0.5, 0.6) is 5.75 Å². The molecule has 2 amide bonds. The number of nitrogens with zero attached hydrogens (tertiary/aromatic N) is 3. The third-order valence-electron chi connectivity index (χ3n) is 5.37. The molecule has 8 heteroatoms. The summed E-state index contributed by atoms with van der Waals surface area (Å²) in [7, 11) is 0. The first-order valence-electron chi connectivity index (χ1n) is 9.23. The van der Waals surface area contributed by atoms with Gasteiger partial charge < -0.3 is 4.74 Å². The highest BCUT2D eigenvalue weighted by molar-refractivity contribution is 6.06. The molecule has 0 unspecified atom stereocenters. The van der Waals surface area contributed by atoms with E-state index < -0.39 is 10.5 Å². The van der Waals surface area contributed by atoms with E-state index in [0.717, 1.165) is 11.4 Å². The number of benzene rings is 1. The Morgan fingerprint density at radius 2 is 1.79 bits per heavy atom. The molecule has 2 fully saturated rings. The Kier molecular flexibility index (Phi) is 4.10. The molecule has 0 N–H and O–H groups in total. The minimum atomic E-state index is -0.583. The van der Waals surface area contributed by atoms with Crippen LogP contribution in [0, 0.1) is 33.8 Å². The summed E-state index contributed by atoms with van der Waals surface area (Å²) >= 11 is 0. The lowest BCUT2D eigenvalue weighted by molar-refractivity contribution is -0.386. The van der Waals surface area contributed by atoms with Gasteiger partial charge in [-0.1, -0.05) is 12.2 Å². The number of carbonyl (C=O) groups is 2. The molecule has 0 radical (unpaired) electrons.